The number of imidazole rings is 1. The first-order valence-electron chi connectivity index (χ1n) is 6.21. The summed E-state index contributed by atoms with van der Waals surface area (Å²) in [5, 5.41) is 0. The van der Waals surface area contributed by atoms with Crippen molar-refractivity contribution in [2.45, 2.75) is 19.9 Å². The highest BCUT2D eigenvalue weighted by Crippen LogP contribution is 2.21. The molecule has 0 aliphatic carbocycles. The molecule has 104 valence electrons. The molecule has 0 radical (unpaired) electrons. The molecule has 0 fully saturated rings. The summed E-state index contributed by atoms with van der Waals surface area (Å²) >= 11 is 9.32. The Bertz CT molecular complexity index is 600. The average molecular weight is 364 g/mol. The molecule has 2 aromatic rings. The Labute approximate surface area is 128 Å². The topological polar surface area (TPSA) is 34.9 Å². The Hall–Kier alpha value is -0.390. The van der Waals surface area contributed by atoms with Gasteiger partial charge in [0.2, 0.25) is 0 Å². The van der Waals surface area contributed by atoms with Crippen LogP contribution in [0, 0.1) is 0 Å². The number of fused-ring (bicyclic) bond motifs is 1. The van der Waals surface area contributed by atoms with Gasteiger partial charge in [0.15, 0.2) is 0 Å². The van der Waals surface area contributed by atoms with E-state index in [-0.39, 0.29) is 0 Å². The molecule has 1 atom stereocenters. The highest BCUT2D eigenvalue weighted by Gasteiger charge is 2.11. The Balaban J connectivity index is 2.38. The normalized spacial score (nSPS) is 13.0. The maximum Gasteiger partial charge on any atom is 0.111 e. The molecule has 0 aliphatic heterocycles. The van der Waals surface area contributed by atoms with E-state index < -0.39 is 10.8 Å². The first-order chi connectivity index (χ1) is 9.15. The zero-order valence-corrected chi connectivity index (χ0v) is 13.9. The molecule has 0 saturated carbocycles. The number of nitrogens with zero attached hydrogens (tertiary/aromatic N) is 2. The smallest absolute Gasteiger partial charge is 0.111 e. The minimum absolute atomic E-state index is 0.543. The molecule has 0 bridgehead atoms. The van der Waals surface area contributed by atoms with E-state index in [1.54, 1.807) is 0 Å². The zero-order chi connectivity index (χ0) is 13.8. The number of rotatable bonds is 6. The van der Waals surface area contributed by atoms with Gasteiger partial charge in [0.05, 0.1) is 11.0 Å². The van der Waals surface area contributed by atoms with E-state index in [9.17, 15) is 4.21 Å². The second-order valence-electron chi connectivity index (χ2n) is 4.18. The van der Waals surface area contributed by atoms with Crippen molar-refractivity contribution in [2.24, 2.45) is 0 Å². The van der Waals surface area contributed by atoms with E-state index in [1.165, 1.54) is 0 Å². The minimum atomic E-state index is -0.765. The van der Waals surface area contributed by atoms with Crippen molar-refractivity contribution in [3.05, 3.63) is 28.5 Å². The van der Waals surface area contributed by atoms with Crippen LogP contribution in [0.5, 0.6) is 0 Å². The molecular formula is C13H16BrClN2OS. The van der Waals surface area contributed by atoms with Crippen LogP contribution in [-0.2, 0) is 23.8 Å². The summed E-state index contributed by atoms with van der Waals surface area (Å²) in [4.78, 5) is 4.61. The molecule has 3 nitrogen and oxygen atoms in total. The van der Waals surface area contributed by atoms with Gasteiger partial charge in [0.1, 0.15) is 5.82 Å². The highest BCUT2D eigenvalue weighted by molar-refractivity contribution is 9.10. The third-order valence-corrected chi connectivity index (χ3v) is 4.94. The minimum Gasteiger partial charge on any atom is -0.327 e. The lowest BCUT2D eigenvalue weighted by atomic mass is 10.3. The maximum absolute atomic E-state index is 11.6. The molecule has 1 unspecified atom stereocenters. The van der Waals surface area contributed by atoms with Gasteiger partial charge < -0.3 is 4.57 Å². The third-order valence-electron chi connectivity index (χ3n) is 2.97. The van der Waals surface area contributed by atoms with Gasteiger partial charge in [0, 0.05) is 45.6 Å². The standard InChI is InChI=1S/C13H16BrClN2OS/c1-2-19(18)8-7-17-12-9-10(14)3-4-11(12)16-13(17)5-6-15/h3-4,9H,2,5-8H2,1H3. The van der Waals surface area contributed by atoms with Crippen LogP contribution in [0.3, 0.4) is 0 Å². The molecule has 1 heterocycles. The van der Waals surface area contributed by atoms with Crippen molar-refractivity contribution in [3.8, 4) is 0 Å². The zero-order valence-electron chi connectivity index (χ0n) is 10.7. The van der Waals surface area contributed by atoms with Gasteiger partial charge >= 0.3 is 0 Å². The molecule has 1 aromatic carbocycles. The van der Waals surface area contributed by atoms with Gasteiger partial charge in [-0.1, -0.05) is 22.9 Å². The van der Waals surface area contributed by atoms with Gasteiger partial charge in [-0.25, -0.2) is 4.98 Å². The second kappa shape index (κ2) is 6.86. The molecule has 0 spiro atoms. The number of aryl methyl sites for hydroxylation is 2. The van der Waals surface area contributed by atoms with Gasteiger partial charge in [-0.05, 0) is 18.2 Å². The van der Waals surface area contributed by atoms with Crippen LogP contribution in [0.25, 0.3) is 11.0 Å². The van der Waals surface area contributed by atoms with Gasteiger partial charge in [-0.2, -0.15) is 0 Å². The lowest BCUT2D eigenvalue weighted by Crippen LogP contribution is -2.12. The first-order valence-corrected chi connectivity index (χ1v) is 9.03. The predicted molar refractivity (Wildman–Crippen MR) is 85.4 cm³/mol. The summed E-state index contributed by atoms with van der Waals surface area (Å²) in [6.45, 7) is 2.66. The summed E-state index contributed by atoms with van der Waals surface area (Å²) < 4.78 is 14.8. The SMILES string of the molecule is CCS(=O)CCn1c(CCCl)nc2ccc(Br)cc21. The molecular weight excluding hydrogens is 348 g/mol. The Morgan fingerprint density at radius 2 is 2.26 bits per heavy atom. The largest absolute Gasteiger partial charge is 0.327 e. The maximum atomic E-state index is 11.6. The molecule has 1 aromatic heterocycles. The Morgan fingerprint density at radius 1 is 1.47 bits per heavy atom. The van der Waals surface area contributed by atoms with Crippen molar-refractivity contribution < 1.29 is 4.21 Å². The van der Waals surface area contributed by atoms with E-state index in [2.05, 4.69) is 31.5 Å². The summed E-state index contributed by atoms with van der Waals surface area (Å²) in [5.74, 6) is 2.86. The van der Waals surface area contributed by atoms with Crippen molar-refractivity contribution in [3.63, 3.8) is 0 Å². The van der Waals surface area contributed by atoms with E-state index in [0.717, 1.165) is 34.3 Å². The monoisotopic (exact) mass is 362 g/mol. The van der Waals surface area contributed by atoms with Crippen LogP contribution in [-0.4, -0.2) is 31.1 Å². The lowest BCUT2D eigenvalue weighted by Gasteiger charge is -2.08. The molecule has 19 heavy (non-hydrogen) atoms. The molecule has 0 N–H and O–H groups in total. The summed E-state index contributed by atoms with van der Waals surface area (Å²) in [5.41, 5.74) is 2.04. The number of aromatic nitrogens is 2. The number of halogens is 2. The van der Waals surface area contributed by atoms with E-state index in [4.69, 9.17) is 11.6 Å². The first kappa shape index (κ1) is 15.0. The fraction of sp³-hybridized carbons (Fsp3) is 0.462. The van der Waals surface area contributed by atoms with Gasteiger partial charge in [0.25, 0.3) is 0 Å². The quantitative estimate of drug-likeness (QED) is 0.738. The van der Waals surface area contributed by atoms with Gasteiger partial charge in [-0.15, -0.1) is 11.6 Å². The number of hydrogen-bond donors (Lipinski definition) is 0. The summed E-state index contributed by atoms with van der Waals surface area (Å²) in [6.07, 6.45) is 0.729. The number of benzene rings is 1. The van der Waals surface area contributed by atoms with Crippen molar-refractivity contribution in [1.29, 1.82) is 0 Å². The fourth-order valence-corrected chi connectivity index (χ4v) is 3.20. The third kappa shape index (κ3) is 3.58. The van der Waals surface area contributed by atoms with Crippen LogP contribution in [0.4, 0.5) is 0 Å². The summed E-state index contributed by atoms with van der Waals surface area (Å²) in [6, 6.07) is 6.02. The number of alkyl halides is 1. The van der Waals surface area contributed by atoms with Crippen LogP contribution in [0.15, 0.2) is 22.7 Å². The molecule has 6 heteroatoms. The van der Waals surface area contributed by atoms with Crippen molar-refractivity contribution in [2.75, 3.05) is 17.4 Å². The predicted octanol–water partition coefficient (Wildman–Crippen LogP) is 3.35. The average Bonchev–Trinajstić information content (AvgIpc) is 2.73. The van der Waals surface area contributed by atoms with Crippen LogP contribution >= 0.6 is 27.5 Å². The Kier molecular flexibility index (Phi) is 5.42. The van der Waals surface area contributed by atoms with Crippen LogP contribution in [0.2, 0.25) is 0 Å². The van der Waals surface area contributed by atoms with E-state index >= 15 is 0 Å². The van der Waals surface area contributed by atoms with Crippen LogP contribution < -0.4 is 0 Å². The molecule has 0 aliphatic rings. The lowest BCUT2D eigenvalue weighted by molar-refractivity contribution is 0.671. The molecule has 2 rings (SSSR count). The molecule has 0 saturated heterocycles. The van der Waals surface area contributed by atoms with Crippen molar-refractivity contribution in [1.82, 2.24) is 9.55 Å². The van der Waals surface area contributed by atoms with Crippen molar-refractivity contribution >= 4 is 49.4 Å². The Morgan fingerprint density at radius 3 is 2.95 bits per heavy atom. The molecule has 0 amide bonds. The highest BCUT2D eigenvalue weighted by atomic mass is 79.9. The second-order valence-corrected chi connectivity index (χ2v) is 7.34. The number of hydrogen-bond acceptors (Lipinski definition) is 2. The van der Waals surface area contributed by atoms with Crippen LogP contribution in [0.1, 0.15) is 12.7 Å². The fourth-order valence-electron chi connectivity index (χ4n) is 2.01. The van der Waals surface area contributed by atoms with E-state index in [1.807, 2.05) is 19.1 Å². The van der Waals surface area contributed by atoms with E-state index in [0.29, 0.717) is 17.4 Å². The van der Waals surface area contributed by atoms with Gasteiger partial charge in [-0.3, -0.25) is 4.21 Å². The summed E-state index contributed by atoms with van der Waals surface area (Å²) in [7, 11) is -0.765.